The van der Waals surface area contributed by atoms with Crippen LogP contribution in [0.15, 0.2) is 0 Å². The smallest absolute Gasteiger partial charge is 0.222 e. The van der Waals surface area contributed by atoms with Crippen LogP contribution in [0.4, 0.5) is 0 Å². The van der Waals surface area contributed by atoms with Gasteiger partial charge in [0.15, 0.2) is 0 Å². The van der Waals surface area contributed by atoms with Crippen LogP contribution in [0.25, 0.3) is 0 Å². The molecule has 1 rings (SSSR count). The van der Waals surface area contributed by atoms with Crippen molar-refractivity contribution < 1.29 is 9.59 Å². The molecule has 1 unspecified atom stereocenters. The van der Waals surface area contributed by atoms with Gasteiger partial charge in [-0.2, -0.15) is 0 Å². The van der Waals surface area contributed by atoms with Crippen molar-refractivity contribution in [3.63, 3.8) is 0 Å². The summed E-state index contributed by atoms with van der Waals surface area (Å²) < 4.78 is 0. The highest BCUT2D eigenvalue weighted by molar-refractivity contribution is 5.79. The van der Waals surface area contributed by atoms with Gasteiger partial charge in [0.05, 0.1) is 6.04 Å². The number of hydrogen-bond donors (Lipinski definition) is 1. The van der Waals surface area contributed by atoms with Crippen molar-refractivity contribution in [2.45, 2.75) is 44.6 Å². The van der Waals surface area contributed by atoms with Gasteiger partial charge in [-0.15, -0.1) is 0 Å². The van der Waals surface area contributed by atoms with Gasteiger partial charge in [-0.25, -0.2) is 0 Å². The van der Waals surface area contributed by atoms with E-state index in [1.165, 1.54) is 0 Å². The zero-order valence-electron chi connectivity index (χ0n) is 7.14. The standard InChI is InChI=1S/C9H14NO2/c11-7-8-5-3-1-2-4-6-9(12)10-8/h8H,1-6H2,(H,10,12). The molecule has 1 atom stereocenters. The van der Waals surface area contributed by atoms with Gasteiger partial charge in [0, 0.05) is 6.42 Å². The third-order valence-corrected chi connectivity index (χ3v) is 2.12. The lowest BCUT2D eigenvalue weighted by molar-refractivity contribution is -0.121. The molecule has 0 bridgehead atoms. The summed E-state index contributed by atoms with van der Waals surface area (Å²) in [7, 11) is 0. The van der Waals surface area contributed by atoms with Gasteiger partial charge in [-0.3, -0.25) is 9.59 Å². The average molecular weight is 168 g/mol. The summed E-state index contributed by atoms with van der Waals surface area (Å²) in [5, 5.41) is 2.65. The first-order valence-electron chi connectivity index (χ1n) is 4.50. The zero-order chi connectivity index (χ0) is 8.81. The van der Waals surface area contributed by atoms with Gasteiger partial charge in [-0.1, -0.05) is 19.3 Å². The molecule has 1 saturated heterocycles. The number of rotatable bonds is 1. The van der Waals surface area contributed by atoms with Gasteiger partial charge >= 0.3 is 0 Å². The molecular formula is C9H14NO2. The normalized spacial score (nSPS) is 26.3. The Morgan fingerprint density at radius 1 is 1.25 bits per heavy atom. The maximum atomic E-state index is 11.1. The molecule has 1 amide bonds. The topological polar surface area (TPSA) is 46.2 Å². The molecule has 1 heterocycles. The average Bonchev–Trinajstić information content (AvgIpc) is 2.16. The van der Waals surface area contributed by atoms with Crippen molar-refractivity contribution in [1.82, 2.24) is 5.32 Å². The van der Waals surface area contributed by atoms with Crippen molar-refractivity contribution >= 4 is 12.2 Å². The monoisotopic (exact) mass is 168 g/mol. The predicted molar refractivity (Wildman–Crippen MR) is 45.3 cm³/mol. The second kappa shape index (κ2) is 4.91. The third kappa shape index (κ3) is 3.03. The van der Waals surface area contributed by atoms with Crippen molar-refractivity contribution in [2.75, 3.05) is 0 Å². The Bertz CT molecular complexity index is 168. The highest BCUT2D eigenvalue weighted by Crippen LogP contribution is 2.09. The van der Waals surface area contributed by atoms with E-state index < -0.39 is 0 Å². The molecule has 1 fully saturated rings. The summed E-state index contributed by atoms with van der Waals surface area (Å²) in [6.45, 7) is 0. The molecule has 3 nitrogen and oxygen atoms in total. The molecule has 1 aliphatic rings. The minimum absolute atomic E-state index is 0.00903. The quantitative estimate of drug-likeness (QED) is 0.633. The van der Waals surface area contributed by atoms with Crippen molar-refractivity contribution in [3.8, 4) is 0 Å². The number of nitrogens with one attached hydrogen (secondary N) is 1. The molecule has 3 heteroatoms. The van der Waals surface area contributed by atoms with Crippen LogP contribution in [0, 0.1) is 0 Å². The van der Waals surface area contributed by atoms with E-state index in [2.05, 4.69) is 5.32 Å². The van der Waals surface area contributed by atoms with Gasteiger partial charge < -0.3 is 5.32 Å². The van der Waals surface area contributed by atoms with E-state index in [1.54, 1.807) is 0 Å². The van der Waals surface area contributed by atoms with Crippen LogP contribution in [0.3, 0.4) is 0 Å². The van der Waals surface area contributed by atoms with Crippen LogP contribution in [0.5, 0.6) is 0 Å². The Hall–Kier alpha value is -0.860. The number of amides is 1. The van der Waals surface area contributed by atoms with Gasteiger partial charge in [-0.05, 0) is 12.8 Å². The molecule has 0 aromatic carbocycles. The third-order valence-electron chi connectivity index (χ3n) is 2.12. The number of carbonyl (C=O) groups is 1. The molecule has 0 aromatic heterocycles. The van der Waals surface area contributed by atoms with E-state index in [1.807, 2.05) is 6.29 Å². The minimum Gasteiger partial charge on any atom is -0.346 e. The Labute approximate surface area is 72.5 Å². The highest BCUT2D eigenvalue weighted by atomic mass is 16.2. The molecule has 12 heavy (non-hydrogen) atoms. The van der Waals surface area contributed by atoms with Crippen LogP contribution in [-0.4, -0.2) is 18.2 Å². The second-order valence-corrected chi connectivity index (χ2v) is 3.19. The molecule has 0 aromatic rings. The Morgan fingerprint density at radius 3 is 2.75 bits per heavy atom. The molecular weight excluding hydrogens is 154 g/mol. The van der Waals surface area contributed by atoms with Crippen LogP contribution in [0.2, 0.25) is 0 Å². The zero-order valence-corrected chi connectivity index (χ0v) is 7.14. The summed E-state index contributed by atoms with van der Waals surface area (Å²) in [5.74, 6) is -0.00903. The summed E-state index contributed by atoms with van der Waals surface area (Å²) in [5.41, 5.74) is 0. The Balaban J connectivity index is 2.42. The molecule has 0 spiro atoms. The van der Waals surface area contributed by atoms with Crippen LogP contribution in [0.1, 0.15) is 38.5 Å². The molecule has 1 N–H and O–H groups in total. The van der Waals surface area contributed by atoms with E-state index in [0.29, 0.717) is 6.42 Å². The van der Waals surface area contributed by atoms with Crippen LogP contribution < -0.4 is 5.32 Å². The molecule has 1 radical (unpaired) electrons. The number of carbonyl (C=O) groups excluding carboxylic acids is 2. The summed E-state index contributed by atoms with van der Waals surface area (Å²) in [6, 6.07) is -0.365. The lowest BCUT2D eigenvalue weighted by Crippen LogP contribution is -2.35. The SMILES string of the molecule is O=[C]C1CCCCCCC(=O)N1. The van der Waals surface area contributed by atoms with Crippen molar-refractivity contribution in [2.24, 2.45) is 0 Å². The lowest BCUT2D eigenvalue weighted by atomic mass is 10.1. The molecule has 0 aliphatic carbocycles. The molecule has 67 valence electrons. The maximum Gasteiger partial charge on any atom is 0.222 e. The fourth-order valence-electron chi connectivity index (χ4n) is 1.41. The van der Waals surface area contributed by atoms with Gasteiger partial charge in [0.2, 0.25) is 12.2 Å². The van der Waals surface area contributed by atoms with E-state index >= 15 is 0 Å². The van der Waals surface area contributed by atoms with Crippen LogP contribution in [-0.2, 0) is 9.59 Å². The summed E-state index contributed by atoms with van der Waals surface area (Å²) in [4.78, 5) is 21.4. The number of hydrogen-bond acceptors (Lipinski definition) is 2. The van der Waals surface area contributed by atoms with Crippen LogP contribution >= 0.6 is 0 Å². The Kier molecular flexibility index (Phi) is 3.77. The molecule has 0 saturated carbocycles. The van der Waals surface area contributed by atoms with E-state index in [9.17, 15) is 9.59 Å². The first-order valence-corrected chi connectivity index (χ1v) is 4.50. The molecule has 1 aliphatic heterocycles. The maximum absolute atomic E-state index is 11.1. The summed E-state index contributed by atoms with van der Waals surface area (Å²) in [6.07, 6.45) is 7.32. The van der Waals surface area contributed by atoms with Crippen molar-refractivity contribution in [3.05, 3.63) is 0 Å². The second-order valence-electron chi connectivity index (χ2n) is 3.19. The summed E-state index contributed by atoms with van der Waals surface area (Å²) >= 11 is 0. The van der Waals surface area contributed by atoms with Gasteiger partial charge in [0.25, 0.3) is 0 Å². The van der Waals surface area contributed by atoms with E-state index in [-0.39, 0.29) is 11.9 Å². The minimum atomic E-state index is -0.365. The highest BCUT2D eigenvalue weighted by Gasteiger charge is 2.13. The van der Waals surface area contributed by atoms with E-state index in [4.69, 9.17) is 0 Å². The predicted octanol–water partition coefficient (Wildman–Crippen LogP) is 0.935. The fraction of sp³-hybridized carbons (Fsp3) is 0.778. The van der Waals surface area contributed by atoms with E-state index in [0.717, 1.165) is 32.1 Å². The van der Waals surface area contributed by atoms with Gasteiger partial charge in [0.1, 0.15) is 0 Å². The lowest BCUT2D eigenvalue weighted by Gasteiger charge is -2.08. The Morgan fingerprint density at radius 2 is 2.00 bits per heavy atom. The van der Waals surface area contributed by atoms with Crippen molar-refractivity contribution in [1.29, 1.82) is 0 Å². The largest absolute Gasteiger partial charge is 0.346 e. The first-order chi connectivity index (χ1) is 5.83. The fourth-order valence-corrected chi connectivity index (χ4v) is 1.41. The first kappa shape index (κ1) is 9.23.